The number of fused-ring (bicyclic) bond motifs is 19. The Balaban J connectivity index is 1.08. The van der Waals surface area contributed by atoms with Gasteiger partial charge in [-0.3, -0.25) is 0 Å². The van der Waals surface area contributed by atoms with E-state index in [9.17, 15) is 0 Å². The zero-order chi connectivity index (χ0) is 43.9. The van der Waals surface area contributed by atoms with Gasteiger partial charge in [0.25, 0.3) is 0 Å². The van der Waals surface area contributed by atoms with E-state index < -0.39 is 8.07 Å². The van der Waals surface area contributed by atoms with Gasteiger partial charge in [0.15, 0.2) is 23.3 Å². The Kier molecular flexibility index (Phi) is 9.51. The van der Waals surface area contributed by atoms with E-state index in [0.29, 0.717) is 58.0 Å². The Morgan fingerprint density at radius 3 is 1.64 bits per heavy atom. The first-order chi connectivity index (χ1) is 31.1. The summed E-state index contributed by atoms with van der Waals surface area (Å²) >= 11 is 0. The van der Waals surface area contributed by atoms with Gasteiger partial charge in [-0.1, -0.05) is 139 Å². The number of rotatable bonds is 6. The third-order valence-electron chi connectivity index (χ3n) is 13.6. The van der Waals surface area contributed by atoms with Crippen LogP contribution in [0.25, 0.3) is 33.2 Å². The molecule has 0 saturated carbocycles. The Bertz CT molecular complexity index is 3330. The van der Waals surface area contributed by atoms with Gasteiger partial charge in [-0.2, -0.15) is 0 Å². The summed E-state index contributed by atoms with van der Waals surface area (Å²) in [6.45, 7) is 17.2. The highest BCUT2D eigenvalue weighted by Crippen LogP contribution is 2.42. The lowest BCUT2D eigenvalue weighted by Crippen LogP contribution is -2.43. The summed E-state index contributed by atoms with van der Waals surface area (Å²) in [5, 5.41) is 1.89. The van der Waals surface area contributed by atoms with Gasteiger partial charge in [0.05, 0.1) is 22.5 Å². The second-order valence-electron chi connectivity index (χ2n) is 18.2. The average molecular weight is 852 g/mol. The Morgan fingerprint density at radius 1 is 0.578 bits per heavy atom. The number of aliphatic imine (C=N–C) groups is 6. The molecule has 314 valence electrons. The van der Waals surface area contributed by atoms with Gasteiger partial charge in [-0.15, -0.1) is 5.54 Å². The maximum absolute atomic E-state index is 5.39. The molecule has 0 radical (unpaired) electrons. The maximum atomic E-state index is 5.39. The fraction of sp³-hybridized carbons (Fsp3) is 0.241. The molecule has 1 N–H and O–H groups in total. The van der Waals surface area contributed by atoms with Crippen molar-refractivity contribution in [3.8, 4) is 22.9 Å². The second kappa shape index (κ2) is 15.3. The van der Waals surface area contributed by atoms with Crippen LogP contribution in [0.15, 0.2) is 139 Å². The maximum Gasteiger partial charge on any atom is 0.164 e. The molecule has 0 spiro atoms. The lowest BCUT2D eigenvalue weighted by molar-refractivity contribution is 0.704. The minimum Gasteiger partial charge on any atom is -0.324 e. The highest BCUT2D eigenvalue weighted by molar-refractivity contribution is 6.90. The summed E-state index contributed by atoms with van der Waals surface area (Å²) in [4.78, 5) is 40.3. The molecule has 0 atom stereocenters. The normalized spacial score (nSPS) is 15.1. The van der Waals surface area contributed by atoms with Crippen LogP contribution in [0.1, 0.15) is 100 Å². The molecule has 11 rings (SSSR count). The van der Waals surface area contributed by atoms with Crippen molar-refractivity contribution < 1.29 is 0 Å². The first-order valence-corrected chi connectivity index (χ1v) is 24.8. The van der Waals surface area contributed by atoms with Crippen LogP contribution >= 0.6 is 0 Å². The standard InChI is InChI=1S/C54H49N9Si/c1-8-26-63-47-29-43-42(28-46(47)57-54(63)35-23-21-34(22-24-35)25-27-64(31(2)3,32(4)5)33(6)7)52-56-45-30-44(36-15-9-10-16-37(36)45)55-48-38-17-11-12-18-39(38)49(58-48)59-50-40-19-13-14-20-41(40)51(60-50)61-53(43)62-52/h9-24,28-29,31-33H,8,26,30H2,1-7H3,(H,55,56,58,59,60,61,62). The molecule has 8 bridgehead atoms. The van der Waals surface area contributed by atoms with Crippen LogP contribution in [0.5, 0.6) is 0 Å². The van der Waals surface area contributed by atoms with E-state index in [-0.39, 0.29) is 0 Å². The molecule has 0 unspecified atom stereocenters. The number of nitrogens with zero attached hydrogens (tertiary/aromatic N) is 8. The van der Waals surface area contributed by atoms with Gasteiger partial charge in [0.1, 0.15) is 25.5 Å². The number of aromatic nitrogens is 3. The minimum atomic E-state index is -1.86. The van der Waals surface area contributed by atoms with E-state index in [2.05, 4.69) is 154 Å². The largest absolute Gasteiger partial charge is 0.324 e. The van der Waals surface area contributed by atoms with Crippen LogP contribution in [0.4, 0.5) is 11.6 Å². The molecule has 0 saturated heterocycles. The molecule has 2 aromatic heterocycles. The van der Waals surface area contributed by atoms with Crippen LogP contribution in [0.3, 0.4) is 0 Å². The number of aromatic amines is 1. The number of aryl methyl sites for hydroxylation is 1. The van der Waals surface area contributed by atoms with Gasteiger partial charge in [-0.25, -0.2) is 34.9 Å². The molecule has 64 heavy (non-hydrogen) atoms. The van der Waals surface area contributed by atoms with Gasteiger partial charge in [-0.05, 0) is 47.3 Å². The molecule has 10 heteroatoms. The van der Waals surface area contributed by atoms with E-state index in [1.165, 1.54) is 0 Å². The molecular formula is C54H49N9Si. The first-order valence-electron chi connectivity index (χ1n) is 22.6. The zero-order valence-electron chi connectivity index (χ0n) is 37.3. The molecule has 9 nitrogen and oxygen atoms in total. The smallest absolute Gasteiger partial charge is 0.164 e. The fourth-order valence-electron chi connectivity index (χ4n) is 10.5. The first kappa shape index (κ1) is 39.7. The predicted octanol–water partition coefficient (Wildman–Crippen LogP) is 12.5. The molecule has 0 fully saturated rings. The van der Waals surface area contributed by atoms with E-state index in [0.717, 1.165) is 96.5 Å². The van der Waals surface area contributed by atoms with E-state index >= 15 is 0 Å². The summed E-state index contributed by atoms with van der Waals surface area (Å²) in [7, 11) is -1.86. The summed E-state index contributed by atoms with van der Waals surface area (Å²) in [6, 6.07) is 37.8. The van der Waals surface area contributed by atoms with Gasteiger partial charge in [0, 0.05) is 68.2 Å². The summed E-state index contributed by atoms with van der Waals surface area (Å²) < 4.78 is 2.34. The van der Waals surface area contributed by atoms with Crippen LogP contribution in [-0.4, -0.2) is 57.4 Å². The monoisotopic (exact) mass is 851 g/mol. The molecule has 0 amide bonds. The van der Waals surface area contributed by atoms with Gasteiger partial charge >= 0.3 is 0 Å². The Hall–Kier alpha value is -7.09. The number of H-pyrrole nitrogens is 1. The highest BCUT2D eigenvalue weighted by Gasteiger charge is 2.42. The number of hydrogen-bond acceptors (Lipinski definition) is 7. The number of benzene rings is 5. The number of amidine groups is 4. The third kappa shape index (κ3) is 6.32. The molecule has 3 aliphatic heterocycles. The Labute approximate surface area is 374 Å². The van der Waals surface area contributed by atoms with Crippen LogP contribution in [0, 0.1) is 11.5 Å². The average Bonchev–Trinajstić information content (AvgIpc) is 4.09. The zero-order valence-corrected chi connectivity index (χ0v) is 38.3. The van der Waals surface area contributed by atoms with E-state index in [4.69, 9.17) is 34.9 Å². The van der Waals surface area contributed by atoms with Crippen LogP contribution < -0.4 is 0 Å². The van der Waals surface area contributed by atoms with Crippen LogP contribution in [-0.2, 0) is 6.54 Å². The highest BCUT2D eigenvalue weighted by atomic mass is 28.3. The fourth-order valence-corrected chi connectivity index (χ4v) is 15.7. The van der Waals surface area contributed by atoms with Crippen LogP contribution in [0.2, 0.25) is 16.6 Å². The lowest BCUT2D eigenvalue weighted by atomic mass is 10.1. The second-order valence-corrected chi connectivity index (χ2v) is 23.8. The SMILES string of the molecule is CCCn1c(-c2ccc(C#C[Si](C(C)C)(C(C)C)C(C)C)cc2)nc2cc3c(cc21)C1=Nc2[nH]c(c4ccccc24)N=C2N=C(N=C4CC(=NC3=N1)c1ccccc14)c1ccccc12. The van der Waals surface area contributed by atoms with Crippen molar-refractivity contribution in [3.05, 3.63) is 148 Å². The Morgan fingerprint density at radius 2 is 1.08 bits per heavy atom. The summed E-state index contributed by atoms with van der Waals surface area (Å²) in [5.41, 5.74) is 17.2. The molecular weight excluding hydrogens is 803 g/mol. The molecule has 5 heterocycles. The van der Waals surface area contributed by atoms with Crippen molar-refractivity contribution in [2.45, 2.75) is 84.5 Å². The van der Waals surface area contributed by atoms with Crippen molar-refractivity contribution in [2.24, 2.45) is 30.0 Å². The number of hydrogen-bond donors (Lipinski definition) is 1. The van der Waals surface area contributed by atoms with Gasteiger partial charge in [0.2, 0.25) is 0 Å². The topological polar surface area (TPSA) is 108 Å². The van der Waals surface area contributed by atoms with Crippen molar-refractivity contribution in [2.75, 3.05) is 0 Å². The van der Waals surface area contributed by atoms with E-state index in [1.54, 1.807) is 0 Å². The minimum absolute atomic E-state index is 0.531. The number of nitrogens with one attached hydrogen (secondary N) is 1. The predicted molar refractivity (Wildman–Crippen MR) is 268 cm³/mol. The number of imidazole rings is 1. The van der Waals surface area contributed by atoms with Crippen molar-refractivity contribution >= 4 is 76.3 Å². The summed E-state index contributed by atoms with van der Waals surface area (Å²) in [5.74, 6) is 8.35. The quantitative estimate of drug-likeness (QED) is 0.130. The van der Waals surface area contributed by atoms with Crippen molar-refractivity contribution in [1.29, 1.82) is 0 Å². The molecule has 7 aromatic rings. The van der Waals surface area contributed by atoms with Crippen molar-refractivity contribution in [3.63, 3.8) is 0 Å². The molecule has 1 aliphatic carbocycles. The molecule has 4 aliphatic rings. The summed E-state index contributed by atoms with van der Waals surface area (Å²) in [6.07, 6.45) is 1.48. The van der Waals surface area contributed by atoms with Gasteiger partial charge < -0.3 is 9.55 Å². The van der Waals surface area contributed by atoms with Crippen molar-refractivity contribution in [1.82, 2.24) is 14.5 Å². The molecule has 5 aromatic carbocycles. The van der Waals surface area contributed by atoms with E-state index in [1.807, 2.05) is 24.3 Å². The lowest BCUT2D eigenvalue weighted by Gasteiger charge is -2.38. The third-order valence-corrected chi connectivity index (χ3v) is 19.8.